The van der Waals surface area contributed by atoms with Gasteiger partial charge in [0.2, 0.25) is 17.2 Å². The number of aromatic nitrogens is 3. The molecular weight excluding hydrogens is 240 g/mol. The molecule has 0 spiro atoms. The SMILES string of the molecule is CNc1nc(Cl)nc(N(C)CCCN(C)C)n1. The molecule has 0 atom stereocenters. The third-order valence-corrected chi connectivity index (χ3v) is 2.43. The fraction of sp³-hybridized carbons (Fsp3) is 0.700. The molecule has 0 aliphatic rings. The Balaban J connectivity index is 2.61. The summed E-state index contributed by atoms with van der Waals surface area (Å²) in [4.78, 5) is 16.4. The number of hydrogen-bond donors (Lipinski definition) is 1. The van der Waals surface area contributed by atoms with Gasteiger partial charge in [-0.3, -0.25) is 0 Å². The van der Waals surface area contributed by atoms with Crippen molar-refractivity contribution in [3.05, 3.63) is 5.28 Å². The Morgan fingerprint density at radius 2 is 1.82 bits per heavy atom. The topological polar surface area (TPSA) is 57.2 Å². The van der Waals surface area contributed by atoms with Crippen LogP contribution in [0.1, 0.15) is 6.42 Å². The van der Waals surface area contributed by atoms with Crippen LogP contribution in [-0.4, -0.2) is 61.1 Å². The standard InChI is InChI=1S/C10H19ClN6/c1-12-9-13-8(11)14-10(15-9)17(4)7-5-6-16(2)3/h5-7H2,1-4H3,(H,12,13,14,15). The van der Waals surface area contributed by atoms with Gasteiger partial charge < -0.3 is 15.1 Å². The van der Waals surface area contributed by atoms with Gasteiger partial charge in [-0.15, -0.1) is 0 Å². The van der Waals surface area contributed by atoms with E-state index < -0.39 is 0 Å². The average Bonchev–Trinajstić information content (AvgIpc) is 2.27. The molecule has 17 heavy (non-hydrogen) atoms. The highest BCUT2D eigenvalue weighted by Crippen LogP contribution is 2.12. The first kappa shape index (κ1) is 13.9. The molecule has 0 fully saturated rings. The van der Waals surface area contributed by atoms with Crippen molar-refractivity contribution >= 4 is 23.5 Å². The summed E-state index contributed by atoms with van der Waals surface area (Å²) in [6, 6.07) is 0. The average molecular weight is 259 g/mol. The van der Waals surface area contributed by atoms with E-state index in [-0.39, 0.29) is 5.28 Å². The van der Waals surface area contributed by atoms with Gasteiger partial charge in [0.25, 0.3) is 0 Å². The van der Waals surface area contributed by atoms with Crippen LogP contribution in [0.4, 0.5) is 11.9 Å². The normalized spacial score (nSPS) is 10.7. The second-order valence-corrected chi connectivity index (χ2v) is 4.39. The van der Waals surface area contributed by atoms with Crippen LogP contribution in [-0.2, 0) is 0 Å². The summed E-state index contributed by atoms with van der Waals surface area (Å²) in [6.07, 6.45) is 1.04. The Labute approximate surface area is 107 Å². The minimum atomic E-state index is 0.207. The lowest BCUT2D eigenvalue weighted by Gasteiger charge is -2.18. The molecule has 7 heteroatoms. The summed E-state index contributed by atoms with van der Waals surface area (Å²) in [5.41, 5.74) is 0. The van der Waals surface area contributed by atoms with Gasteiger partial charge in [-0.2, -0.15) is 15.0 Å². The molecule has 0 amide bonds. The van der Waals surface area contributed by atoms with Crippen molar-refractivity contribution in [1.82, 2.24) is 19.9 Å². The molecule has 0 aliphatic heterocycles. The molecule has 1 N–H and O–H groups in total. The first-order valence-electron chi connectivity index (χ1n) is 5.48. The van der Waals surface area contributed by atoms with Crippen LogP contribution >= 0.6 is 11.6 Å². The van der Waals surface area contributed by atoms with Crippen LogP contribution in [0, 0.1) is 0 Å². The molecule has 0 saturated carbocycles. The van der Waals surface area contributed by atoms with Gasteiger partial charge in [-0.25, -0.2) is 0 Å². The molecule has 96 valence electrons. The van der Waals surface area contributed by atoms with Gasteiger partial charge in [0.1, 0.15) is 0 Å². The maximum Gasteiger partial charge on any atom is 0.231 e. The Hall–Kier alpha value is -1.14. The van der Waals surface area contributed by atoms with Gasteiger partial charge in [0.15, 0.2) is 0 Å². The predicted molar refractivity (Wildman–Crippen MR) is 70.8 cm³/mol. The van der Waals surface area contributed by atoms with E-state index >= 15 is 0 Å². The van der Waals surface area contributed by atoms with Crippen molar-refractivity contribution in [2.45, 2.75) is 6.42 Å². The second-order valence-electron chi connectivity index (χ2n) is 4.06. The Kier molecular flexibility index (Phi) is 5.37. The molecule has 1 rings (SSSR count). The highest BCUT2D eigenvalue weighted by Gasteiger charge is 2.08. The maximum absolute atomic E-state index is 5.82. The minimum Gasteiger partial charge on any atom is -0.357 e. The van der Waals surface area contributed by atoms with Crippen molar-refractivity contribution in [2.75, 3.05) is 51.5 Å². The van der Waals surface area contributed by atoms with Crippen molar-refractivity contribution in [2.24, 2.45) is 0 Å². The van der Waals surface area contributed by atoms with E-state index in [2.05, 4.69) is 39.3 Å². The summed E-state index contributed by atoms with van der Waals surface area (Å²) in [6.45, 7) is 1.91. The zero-order chi connectivity index (χ0) is 12.8. The fourth-order valence-electron chi connectivity index (χ4n) is 1.35. The van der Waals surface area contributed by atoms with Crippen molar-refractivity contribution in [1.29, 1.82) is 0 Å². The Bertz CT molecular complexity index is 357. The number of nitrogens with zero attached hydrogens (tertiary/aromatic N) is 5. The van der Waals surface area contributed by atoms with E-state index in [1.165, 1.54) is 0 Å². The van der Waals surface area contributed by atoms with E-state index in [9.17, 15) is 0 Å². The number of hydrogen-bond acceptors (Lipinski definition) is 6. The maximum atomic E-state index is 5.82. The highest BCUT2D eigenvalue weighted by molar-refractivity contribution is 6.28. The van der Waals surface area contributed by atoms with Gasteiger partial charge >= 0.3 is 0 Å². The van der Waals surface area contributed by atoms with E-state index in [1.54, 1.807) is 7.05 Å². The monoisotopic (exact) mass is 258 g/mol. The summed E-state index contributed by atoms with van der Waals surface area (Å²) < 4.78 is 0. The quantitative estimate of drug-likeness (QED) is 0.820. The van der Waals surface area contributed by atoms with Crippen molar-refractivity contribution < 1.29 is 0 Å². The molecule has 0 bridgehead atoms. The van der Waals surface area contributed by atoms with Crippen LogP contribution in [0.15, 0.2) is 0 Å². The predicted octanol–water partition coefficient (Wildman–Crippen LogP) is 0.955. The molecule has 1 aromatic rings. The smallest absolute Gasteiger partial charge is 0.231 e. The number of anilines is 2. The molecule has 0 aromatic carbocycles. The van der Waals surface area contributed by atoms with Crippen LogP contribution in [0.5, 0.6) is 0 Å². The highest BCUT2D eigenvalue weighted by atomic mass is 35.5. The van der Waals surface area contributed by atoms with Crippen LogP contribution in [0.25, 0.3) is 0 Å². The van der Waals surface area contributed by atoms with E-state index in [1.807, 2.05) is 11.9 Å². The molecule has 1 aromatic heterocycles. The second kappa shape index (κ2) is 6.56. The van der Waals surface area contributed by atoms with Gasteiger partial charge in [-0.05, 0) is 38.7 Å². The van der Waals surface area contributed by atoms with Crippen LogP contribution < -0.4 is 10.2 Å². The summed E-state index contributed by atoms with van der Waals surface area (Å²) in [5, 5.41) is 3.06. The van der Waals surface area contributed by atoms with Crippen LogP contribution in [0.2, 0.25) is 5.28 Å². The van der Waals surface area contributed by atoms with E-state index in [0.29, 0.717) is 11.9 Å². The van der Waals surface area contributed by atoms with Gasteiger partial charge in [0.05, 0.1) is 0 Å². The summed E-state index contributed by atoms with van der Waals surface area (Å²) in [5.74, 6) is 1.08. The largest absolute Gasteiger partial charge is 0.357 e. The molecule has 6 nitrogen and oxygen atoms in total. The summed E-state index contributed by atoms with van der Waals surface area (Å²) >= 11 is 5.82. The first-order valence-corrected chi connectivity index (χ1v) is 5.86. The minimum absolute atomic E-state index is 0.207. The molecule has 0 unspecified atom stereocenters. The van der Waals surface area contributed by atoms with Gasteiger partial charge in [-0.1, -0.05) is 0 Å². The Morgan fingerprint density at radius 3 is 2.41 bits per heavy atom. The zero-order valence-electron chi connectivity index (χ0n) is 10.7. The zero-order valence-corrected chi connectivity index (χ0v) is 11.5. The number of halogens is 1. The molecule has 0 aliphatic carbocycles. The number of nitrogens with one attached hydrogen (secondary N) is 1. The fourth-order valence-corrected chi connectivity index (χ4v) is 1.50. The van der Waals surface area contributed by atoms with E-state index in [0.717, 1.165) is 19.5 Å². The third-order valence-electron chi connectivity index (χ3n) is 2.26. The molecule has 0 radical (unpaired) electrons. The van der Waals surface area contributed by atoms with Gasteiger partial charge in [0, 0.05) is 20.6 Å². The van der Waals surface area contributed by atoms with E-state index in [4.69, 9.17) is 11.6 Å². The molecule has 1 heterocycles. The lowest BCUT2D eigenvalue weighted by atomic mass is 10.4. The number of rotatable bonds is 6. The van der Waals surface area contributed by atoms with Crippen molar-refractivity contribution in [3.8, 4) is 0 Å². The molecular formula is C10H19ClN6. The van der Waals surface area contributed by atoms with Crippen LogP contribution in [0.3, 0.4) is 0 Å². The van der Waals surface area contributed by atoms with Crippen molar-refractivity contribution in [3.63, 3.8) is 0 Å². The first-order chi connectivity index (χ1) is 8.02. The lowest BCUT2D eigenvalue weighted by molar-refractivity contribution is 0.401. The Morgan fingerprint density at radius 1 is 1.12 bits per heavy atom. The molecule has 0 saturated heterocycles. The lowest BCUT2D eigenvalue weighted by Crippen LogP contribution is -2.25. The summed E-state index contributed by atoms with van der Waals surface area (Å²) in [7, 11) is 7.81. The third kappa shape index (κ3) is 4.70.